The number of likely N-dealkylation sites (tertiary alicyclic amines) is 1. The van der Waals surface area contributed by atoms with Crippen molar-refractivity contribution < 1.29 is 9.53 Å². The summed E-state index contributed by atoms with van der Waals surface area (Å²) in [7, 11) is 0. The van der Waals surface area contributed by atoms with Crippen LogP contribution in [0.15, 0.2) is 0 Å². The first-order chi connectivity index (χ1) is 10.1. The highest BCUT2D eigenvalue weighted by molar-refractivity contribution is 5.68. The number of nitrogens with zero attached hydrogens (tertiary/aromatic N) is 1. The lowest BCUT2D eigenvalue weighted by Crippen LogP contribution is -2.35. The molecule has 1 N–H and O–H groups in total. The second-order valence-electron chi connectivity index (χ2n) is 8.93. The average Bonchev–Trinajstić information content (AvgIpc) is 2.94. The maximum Gasteiger partial charge on any atom is 0.410 e. The molecule has 0 aromatic rings. The minimum absolute atomic E-state index is 0.152. The highest BCUT2D eigenvalue weighted by Gasteiger charge is 2.32. The van der Waals surface area contributed by atoms with Crippen molar-refractivity contribution >= 4 is 6.09 Å². The third kappa shape index (κ3) is 5.45. The second-order valence-corrected chi connectivity index (χ2v) is 8.93. The Bertz CT molecular complexity index is 387. The van der Waals surface area contributed by atoms with Crippen molar-refractivity contribution in [3.05, 3.63) is 0 Å². The van der Waals surface area contributed by atoms with Crippen LogP contribution in [-0.2, 0) is 4.74 Å². The molecule has 4 heteroatoms. The van der Waals surface area contributed by atoms with Gasteiger partial charge in [-0.1, -0.05) is 13.8 Å². The van der Waals surface area contributed by atoms with Gasteiger partial charge in [-0.05, 0) is 70.8 Å². The molecule has 2 rings (SSSR count). The van der Waals surface area contributed by atoms with Crippen LogP contribution in [0.3, 0.4) is 0 Å². The topological polar surface area (TPSA) is 41.6 Å². The molecule has 2 unspecified atom stereocenters. The predicted octanol–water partition coefficient (Wildman–Crippen LogP) is 3.80. The van der Waals surface area contributed by atoms with Crippen LogP contribution >= 0.6 is 0 Å². The number of rotatable bonds is 4. The summed E-state index contributed by atoms with van der Waals surface area (Å²) in [6.07, 6.45) is 6.05. The number of nitrogens with one attached hydrogen (secondary N) is 1. The van der Waals surface area contributed by atoms with Crippen LogP contribution in [0, 0.1) is 11.3 Å². The van der Waals surface area contributed by atoms with Crippen molar-refractivity contribution in [3.63, 3.8) is 0 Å². The van der Waals surface area contributed by atoms with E-state index >= 15 is 0 Å². The normalized spacial score (nSPS) is 28.1. The van der Waals surface area contributed by atoms with Gasteiger partial charge >= 0.3 is 6.09 Å². The van der Waals surface area contributed by atoms with Crippen LogP contribution < -0.4 is 5.32 Å². The van der Waals surface area contributed by atoms with Crippen molar-refractivity contribution in [2.75, 3.05) is 19.6 Å². The van der Waals surface area contributed by atoms with Gasteiger partial charge in [0.25, 0.3) is 0 Å². The van der Waals surface area contributed by atoms with Crippen molar-refractivity contribution in [1.82, 2.24) is 10.2 Å². The molecule has 0 aromatic carbocycles. The number of ether oxygens (including phenoxy) is 1. The van der Waals surface area contributed by atoms with Crippen LogP contribution in [0.1, 0.15) is 66.7 Å². The summed E-state index contributed by atoms with van der Waals surface area (Å²) in [4.78, 5) is 13.9. The van der Waals surface area contributed by atoms with Gasteiger partial charge < -0.3 is 15.0 Å². The second kappa shape index (κ2) is 6.77. The molecule has 0 bridgehead atoms. The van der Waals surface area contributed by atoms with Crippen LogP contribution in [0.2, 0.25) is 0 Å². The molecule has 0 aromatic heterocycles. The highest BCUT2D eigenvalue weighted by Crippen LogP contribution is 2.36. The average molecular weight is 310 g/mol. The predicted molar refractivity (Wildman–Crippen MR) is 90.0 cm³/mol. The standard InChI is InChI=1S/C18H34N2O2/c1-17(2,3)22-16(21)20-11-8-14(13-20)7-10-19-15-6-9-18(4,5)12-15/h14-15,19H,6-13H2,1-5H3. The summed E-state index contributed by atoms with van der Waals surface area (Å²) in [5.41, 5.74) is 0.116. The first kappa shape index (κ1) is 17.6. The van der Waals surface area contributed by atoms with Gasteiger partial charge in [0, 0.05) is 19.1 Å². The molecule has 2 atom stereocenters. The van der Waals surface area contributed by atoms with Gasteiger partial charge in [0.15, 0.2) is 0 Å². The summed E-state index contributed by atoms with van der Waals surface area (Å²) in [5, 5.41) is 3.71. The number of carbonyl (C=O) groups is 1. The molecule has 1 aliphatic carbocycles. The zero-order chi connectivity index (χ0) is 16.4. The summed E-state index contributed by atoms with van der Waals surface area (Å²) < 4.78 is 5.45. The van der Waals surface area contributed by atoms with Crippen LogP contribution in [0.4, 0.5) is 4.79 Å². The zero-order valence-electron chi connectivity index (χ0n) is 15.1. The third-order valence-corrected chi connectivity index (χ3v) is 4.89. The van der Waals surface area contributed by atoms with Crippen LogP contribution in [0.5, 0.6) is 0 Å². The van der Waals surface area contributed by atoms with Gasteiger partial charge in [-0.2, -0.15) is 0 Å². The minimum Gasteiger partial charge on any atom is -0.444 e. The summed E-state index contributed by atoms with van der Waals surface area (Å²) in [5.74, 6) is 0.620. The Morgan fingerprint density at radius 3 is 2.64 bits per heavy atom. The number of hydrogen-bond acceptors (Lipinski definition) is 3. The smallest absolute Gasteiger partial charge is 0.410 e. The molecule has 1 heterocycles. The lowest BCUT2D eigenvalue weighted by atomic mass is 9.92. The molecule has 4 nitrogen and oxygen atoms in total. The van der Waals surface area contributed by atoms with Crippen LogP contribution in [0.25, 0.3) is 0 Å². The van der Waals surface area contributed by atoms with E-state index in [9.17, 15) is 4.79 Å². The quantitative estimate of drug-likeness (QED) is 0.858. The molecule has 22 heavy (non-hydrogen) atoms. The van der Waals surface area contributed by atoms with E-state index in [2.05, 4.69) is 19.2 Å². The molecule has 0 radical (unpaired) electrons. The van der Waals surface area contributed by atoms with Gasteiger partial charge in [0.05, 0.1) is 0 Å². The number of carbonyl (C=O) groups excluding carboxylic acids is 1. The minimum atomic E-state index is -0.397. The summed E-state index contributed by atoms with van der Waals surface area (Å²) in [6.45, 7) is 13.3. The first-order valence-electron chi connectivity index (χ1n) is 8.86. The Labute approximate surface area is 136 Å². The fraction of sp³-hybridized carbons (Fsp3) is 0.944. The maximum absolute atomic E-state index is 12.0. The molecule has 1 amide bonds. The van der Waals surface area contributed by atoms with Gasteiger partial charge in [0.1, 0.15) is 5.60 Å². The lowest BCUT2D eigenvalue weighted by Gasteiger charge is -2.24. The fourth-order valence-electron chi connectivity index (χ4n) is 3.66. The van der Waals surface area contributed by atoms with E-state index in [1.165, 1.54) is 19.3 Å². The Hall–Kier alpha value is -0.770. The fourth-order valence-corrected chi connectivity index (χ4v) is 3.66. The van der Waals surface area contributed by atoms with E-state index in [1.807, 2.05) is 25.7 Å². The lowest BCUT2D eigenvalue weighted by molar-refractivity contribution is 0.0287. The Balaban J connectivity index is 1.64. The van der Waals surface area contributed by atoms with Crippen LogP contribution in [-0.4, -0.2) is 42.3 Å². The number of hydrogen-bond donors (Lipinski definition) is 1. The maximum atomic E-state index is 12.0. The van der Waals surface area contributed by atoms with Crippen molar-refractivity contribution in [1.29, 1.82) is 0 Å². The van der Waals surface area contributed by atoms with Gasteiger partial charge in [-0.3, -0.25) is 0 Å². The summed E-state index contributed by atoms with van der Waals surface area (Å²) >= 11 is 0. The molecule has 0 spiro atoms. The van der Waals surface area contributed by atoms with Gasteiger partial charge in [-0.15, -0.1) is 0 Å². The molecule has 128 valence electrons. The number of amides is 1. The molecule has 2 aliphatic rings. The Morgan fingerprint density at radius 1 is 1.32 bits per heavy atom. The summed E-state index contributed by atoms with van der Waals surface area (Å²) in [6, 6.07) is 0.693. The van der Waals surface area contributed by atoms with E-state index in [0.29, 0.717) is 17.4 Å². The molecule has 1 saturated carbocycles. The zero-order valence-corrected chi connectivity index (χ0v) is 15.1. The Kier molecular flexibility index (Phi) is 5.41. The van der Waals surface area contributed by atoms with E-state index in [4.69, 9.17) is 4.74 Å². The van der Waals surface area contributed by atoms with Gasteiger partial charge in [-0.25, -0.2) is 4.79 Å². The van der Waals surface area contributed by atoms with Crippen molar-refractivity contribution in [2.45, 2.75) is 78.4 Å². The van der Waals surface area contributed by atoms with E-state index in [1.54, 1.807) is 0 Å². The molecular formula is C18H34N2O2. The first-order valence-corrected chi connectivity index (χ1v) is 8.86. The SMILES string of the molecule is CC1(C)CCC(NCCC2CCN(C(=O)OC(C)(C)C)C2)C1. The highest BCUT2D eigenvalue weighted by atomic mass is 16.6. The largest absolute Gasteiger partial charge is 0.444 e. The Morgan fingerprint density at radius 2 is 2.05 bits per heavy atom. The van der Waals surface area contributed by atoms with E-state index < -0.39 is 5.60 Å². The van der Waals surface area contributed by atoms with Crippen molar-refractivity contribution in [2.24, 2.45) is 11.3 Å². The van der Waals surface area contributed by atoms with Crippen molar-refractivity contribution in [3.8, 4) is 0 Å². The monoisotopic (exact) mass is 310 g/mol. The third-order valence-electron chi connectivity index (χ3n) is 4.89. The molecule has 1 saturated heterocycles. The van der Waals surface area contributed by atoms with E-state index in [0.717, 1.165) is 32.5 Å². The van der Waals surface area contributed by atoms with E-state index in [-0.39, 0.29) is 6.09 Å². The molecule has 1 aliphatic heterocycles. The molecule has 2 fully saturated rings. The van der Waals surface area contributed by atoms with Gasteiger partial charge in [0.2, 0.25) is 0 Å². The molecular weight excluding hydrogens is 276 g/mol.